The highest BCUT2D eigenvalue weighted by Crippen LogP contribution is 2.25. The lowest BCUT2D eigenvalue weighted by Crippen LogP contribution is -2.28. The number of hydrogen-bond acceptors (Lipinski definition) is 2. The predicted molar refractivity (Wildman–Crippen MR) is 56.0 cm³/mol. The van der Waals surface area contributed by atoms with Gasteiger partial charge in [-0.3, -0.25) is 0 Å². The van der Waals surface area contributed by atoms with Crippen molar-refractivity contribution in [2.45, 2.75) is 13.5 Å². The van der Waals surface area contributed by atoms with E-state index in [1.54, 1.807) is 6.07 Å². The summed E-state index contributed by atoms with van der Waals surface area (Å²) in [4.78, 5) is 2.09. The lowest BCUT2D eigenvalue weighted by Gasteiger charge is -2.22. The maximum atomic E-state index is 13.6. The Morgan fingerprint density at radius 3 is 3.14 bits per heavy atom. The monoisotopic (exact) mass is 194 g/mol. The zero-order chi connectivity index (χ0) is 9.97. The molecule has 1 aliphatic heterocycles. The Morgan fingerprint density at radius 1 is 1.50 bits per heavy atom. The van der Waals surface area contributed by atoms with Gasteiger partial charge in [-0.1, -0.05) is 12.1 Å². The third-order valence-electron chi connectivity index (χ3n) is 2.64. The normalized spacial score (nSPS) is 16.3. The molecule has 0 spiro atoms. The zero-order valence-electron chi connectivity index (χ0n) is 8.39. The third kappa shape index (κ3) is 1.60. The van der Waals surface area contributed by atoms with Crippen molar-refractivity contribution in [1.82, 2.24) is 5.32 Å². The van der Waals surface area contributed by atoms with E-state index in [4.69, 9.17) is 0 Å². The van der Waals surface area contributed by atoms with Gasteiger partial charge in [-0.2, -0.15) is 0 Å². The van der Waals surface area contributed by atoms with E-state index in [9.17, 15) is 4.39 Å². The average Bonchev–Trinajstić information content (AvgIpc) is 2.40. The molecule has 0 unspecified atom stereocenters. The van der Waals surface area contributed by atoms with E-state index in [2.05, 4.69) is 17.1 Å². The largest absolute Gasteiger partial charge is 0.368 e. The number of likely N-dealkylation sites (N-methyl/N-ethyl adjacent to an activating group) is 1. The Bertz CT molecular complexity index is 325. The molecule has 0 saturated carbocycles. The Balaban J connectivity index is 2.45. The second-order valence-electron chi connectivity index (χ2n) is 3.50. The Morgan fingerprint density at radius 2 is 2.36 bits per heavy atom. The molecule has 1 N–H and O–H groups in total. The molecule has 0 aromatic heterocycles. The highest BCUT2D eigenvalue weighted by atomic mass is 19.1. The number of hydrogen-bond donors (Lipinski definition) is 1. The predicted octanol–water partition coefficient (Wildman–Crippen LogP) is 1.76. The maximum absolute atomic E-state index is 13.6. The van der Waals surface area contributed by atoms with Crippen molar-refractivity contribution in [3.05, 3.63) is 29.6 Å². The molecule has 1 aliphatic rings. The van der Waals surface area contributed by atoms with Crippen LogP contribution in [-0.4, -0.2) is 19.6 Å². The molecule has 0 fully saturated rings. The van der Waals surface area contributed by atoms with Crippen molar-refractivity contribution in [2.24, 2.45) is 0 Å². The molecule has 76 valence electrons. The molecule has 0 radical (unpaired) electrons. The Kier molecular flexibility index (Phi) is 2.68. The molecule has 0 bridgehead atoms. The fourth-order valence-electron chi connectivity index (χ4n) is 1.92. The quantitative estimate of drug-likeness (QED) is 0.732. The SMILES string of the molecule is CCN1CCNCc2cccc(F)c21. The number of benzene rings is 1. The first-order chi connectivity index (χ1) is 6.83. The van der Waals surface area contributed by atoms with Crippen LogP contribution in [0, 0.1) is 5.82 Å². The van der Waals surface area contributed by atoms with Crippen LogP contribution in [0.4, 0.5) is 10.1 Å². The summed E-state index contributed by atoms with van der Waals surface area (Å²) in [6.07, 6.45) is 0. The van der Waals surface area contributed by atoms with Gasteiger partial charge in [0.25, 0.3) is 0 Å². The van der Waals surface area contributed by atoms with Gasteiger partial charge in [0, 0.05) is 26.2 Å². The summed E-state index contributed by atoms with van der Waals surface area (Å²) in [5.74, 6) is -0.104. The van der Waals surface area contributed by atoms with Crippen LogP contribution >= 0.6 is 0 Å². The molecule has 14 heavy (non-hydrogen) atoms. The zero-order valence-corrected chi connectivity index (χ0v) is 8.39. The second kappa shape index (κ2) is 3.96. The molecule has 0 aliphatic carbocycles. The highest BCUT2D eigenvalue weighted by molar-refractivity contribution is 5.55. The summed E-state index contributed by atoms with van der Waals surface area (Å²) in [6.45, 7) is 5.48. The highest BCUT2D eigenvalue weighted by Gasteiger charge is 2.16. The molecule has 1 aromatic rings. The molecule has 2 rings (SSSR count). The minimum Gasteiger partial charge on any atom is -0.368 e. The number of fused-ring (bicyclic) bond motifs is 1. The first-order valence-electron chi connectivity index (χ1n) is 5.06. The van der Waals surface area contributed by atoms with Gasteiger partial charge in [0.05, 0.1) is 5.69 Å². The van der Waals surface area contributed by atoms with Gasteiger partial charge in [0.15, 0.2) is 0 Å². The minimum atomic E-state index is -0.104. The maximum Gasteiger partial charge on any atom is 0.146 e. The number of halogens is 1. The van der Waals surface area contributed by atoms with Gasteiger partial charge in [-0.25, -0.2) is 4.39 Å². The fraction of sp³-hybridized carbons (Fsp3) is 0.455. The molecule has 0 amide bonds. The van der Waals surface area contributed by atoms with Crippen LogP contribution in [0.2, 0.25) is 0 Å². The average molecular weight is 194 g/mol. The number of anilines is 1. The van der Waals surface area contributed by atoms with E-state index in [-0.39, 0.29) is 5.82 Å². The first kappa shape index (κ1) is 9.46. The fourth-order valence-corrected chi connectivity index (χ4v) is 1.92. The van der Waals surface area contributed by atoms with Crippen molar-refractivity contribution in [1.29, 1.82) is 0 Å². The molecule has 0 saturated heterocycles. The van der Waals surface area contributed by atoms with E-state index in [0.717, 1.165) is 37.4 Å². The Hall–Kier alpha value is -1.09. The van der Waals surface area contributed by atoms with Gasteiger partial charge >= 0.3 is 0 Å². The van der Waals surface area contributed by atoms with Gasteiger partial charge in [0.2, 0.25) is 0 Å². The van der Waals surface area contributed by atoms with E-state index < -0.39 is 0 Å². The molecule has 2 nitrogen and oxygen atoms in total. The summed E-state index contributed by atoms with van der Waals surface area (Å²) < 4.78 is 13.6. The van der Waals surface area contributed by atoms with Crippen LogP contribution in [0.15, 0.2) is 18.2 Å². The van der Waals surface area contributed by atoms with Crippen LogP contribution in [0.1, 0.15) is 12.5 Å². The molecular formula is C11H15FN2. The molecule has 0 atom stereocenters. The number of rotatable bonds is 1. The smallest absolute Gasteiger partial charge is 0.146 e. The first-order valence-corrected chi connectivity index (χ1v) is 5.06. The second-order valence-corrected chi connectivity index (χ2v) is 3.50. The molecule has 3 heteroatoms. The summed E-state index contributed by atoms with van der Waals surface area (Å²) in [7, 11) is 0. The number of nitrogens with one attached hydrogen (secondary N) is 1. The van der Waals surface area contributed by atoms with E-state index in [0.29, 0.717) is 0 Å². The van der Waals surface area contributed by atoms with E-state index in [1.807, 2.05) is 6.07 Å². The minimum absolute atomic E-state index is 0.104. The number of nitrogens with zero attached hydrogens (tertiary/aromatic N) is 1. The number of para-hydroxylation sites is 1. The Labute approximate surface area is 83.7 Å². The summed E-state index contributed by atoms with van der Waals surface area (Å²) in [5.41, 5.74) is 1.84. The molecule has 1 heterocycles. The van der Waals surface area contributed by atoms with Crippen molar-refractivity contribution >= 4 is 5.69 Å². The van der Waals surface area contributed by atoms with Crippen molar-refractivity contribution in [3.63, 3.8) is 0 Å². The summed E-state index contributed by atoms with van der Waals surface area (Å²) >= 11 is 0. The molecular weight excluding hydrogens is 179 g/mol. The van der Waals surface area contributed by atoms with E-state index in [1.165, 1.54) is 6.07 Å². The van der Waals surface area contributed by atoms with Crippen molar-refractivity contribution in [3.8, 4) is 0 Å². The van der Waals surface area contributed by atoms with Crippen LogP contribution in [0.25, 0.3) is 0 Å². The van der Waals surface area contributed by atoms with Crippen LogP contribution in [0.5, 0.6) is 0 Å². The van der Waals surface area contributed by atoms with Crippen molar-refractivity contribution < 1.29 is 4.39 Å². The van der Waals surface area contributed by atoms with Crippen molar-refractivity contribution in [2.75, 3.05) is 24.5 Å². The molecule has 1 aromatic carbocycles. The van der Waals surface area contributed by atoms with Crippen LogP contribution in [0.3, 0.4) is 0 Å². The van der Waals surface area contributed by atoms with Gasteiger partial charge in [-0.05, 0) is 18.6 Å². The van der Waals surface area contributed by atoms with E-state index >= 15 is 0 Å². The standard InChI is InChI=1S/C11H15FN2/c1-2-14-7-6-13-8-9-4-3-5-10(12)11(9)14/h3-5,13H,2,6-8H2,1H3. The van der Waals surface area contributed by atoms with Crippen LogP contribution < -0.4 is 10.2 Å². The van der Waals surface area contributed by atoms with Gasteiger partial charge in [0.1, 0.15) is 5.82 Å². The van der Waals surface area contributed by atoms with Crippen LogP contribution in [-0.2, 0) is 6.54 Å². The third-order valence-corrected chi connectivity index (χ3v) is 2.64. The lowest BCUT2D eigenvalue weighted by atomic mass is 10.1. The lowest BCUT2D eigenvalue weighted by molar-refractivity contribution is 0.619. The van der Waals surface area contributed by atoms with Gasteiger partial charge < -0.3 is 10.2 Å². The topological polar surface area (TPSA) is 15.3 Å². The van der Waals surface area contributed by atoms with Gasteiger partial charge in [-0.15, -0.1) is 0 Å². The summed E-state index contributed by atoms with van der Waals surface area (Å²) in [6, 6.07) is 5.29. The summed E-state index contributed by atoms with van der Waals surface area (Å²) in [5, 5.41) is 3.29.